The molecule has 0 aromatic carbocycles. The molecule has 21 heavy (non-hydrogen) atoms. The SMILES string of the molecule is CN(C)C(=O)OC1CCN(C(=O)C(CO)NC(N)=O)CC1. The average Bonchev–Trinajstić information content (AvgIpc) is 2.44. The number of nitrogens with two attached hydrogens (primary N) is 1. The zero-order valence-electron chi connectivity index (χ0n) is 12.2. The third-order valence-electron chi connectivity index (χ3n) is 3.18. The van der Waals surface area contributed by atoms with Crippen molar-refractivity contribution in [3.63, 3.8) is 0 Å². The fourth-order valence-electron chi connectivity index (χ4n) is 2.02. The van der Waals surface area contributed by atoms with Gasteiger partial charge in [0, 0.05) is 40.0 Å². The number of hydrogen-bond donors (Lipinski definition) is 3. The lowest BCUT2D eigenvalue weighted by Gasteiger charge is -2.33. The van der Waals surface area contributed by atoms with Crippen molar-refractivity contribution in [1.82, 2.24) is 15.1 Å². The second-order valence-electron chi connectivity index (χ2n) is 5.05. The minimum absolute atomic E-state index is 0.236. The third-order valence-corrected chi connectivity index (χ3v) is 3.18. The van der Waals surface area contributed by atoms with Gasteiger partial charge in [-0.25, -0.2) is 9.59 Å². The maximum absolute atomic E-state index is 12.1. The average molecular weight is 302 g/mol. The maximum Gasteiger partial charge on any atom is 0.409 e. The molecule has 0 radical (unpaired) electrons. The Hall–Kier alpha value is -2.03. The fraction of sp³-hybridized carbons (Fsp3) is 0.750. The summed E-state index contributed by atoms with van der Waals surface area (Å²) in [7, 11) is 3.20. The van der Waals surface area contributed by atoms with Gasteiger partial charge in [0.05, 0.1) is 6.61 Å². The number of carbonyl (C=O) groups excluding carboxylic acids is 3. The van der Waals surface area contributed by atoms with Crippen LogP contribution in [0.5, 0.6) is 0 Å². The number of primary amides is 1. The van der Waals surface area contributed by atoms with Crippen LogP contribution in [0.25, 0.3) is 0 Å². The van der Waals surface area contributed by atoms with E-state index in [1.807, 2.05) is 0 Å². The van der Waals surface area contributed by atoms with E-state index in [1.54, 1.807) is 14.1 Å². The van der Waals surface area contributed by atoms with Crippen LogP contribution in [0.1, 0.15) is 12.8 Å². The number of nitrogens with one attached hydrogen (secondary N) is 1. The maximum atomic E-state index is 12.1. The molecule has 1 rings (SSSR count). The molecule has 0 aromatic heterocycles. The van der Waals surface area contributed by atoms with Crippen molar-refractivity contribution >= 4 is 18.0 Å². The normalized spacial score (nSPS) is 17.0. The van der Waals surface area contributed by atoms with E-state index in [0.717, 1.165) is 0 Å². The first-order valence-electron chi connectivity index (χ1n) is 6.68. The number of amides is 4. The summed E-state index contributed by atoms with van der Waals surface area (Å²) in [6, 6.07) is -1.90. The molecule has 120 valence electrons. The van der Waals surface area contributed by atoms with E-state index in [0.29, 0.717) is 25.9 Å². The number of aliphatic hydroxyl groups excluding tert-OH is 1. The molecule has 4 N–H and O–H groups in total. The Morgan fingerprint density at radius 2 is 1.95 bits per heavy atom. The molecule has 0 aromatic rings. The molecule has 0 bridgehead atoms. The van der Waals surface area contributed by atoms with Gasteiger partial charge in [0.1, 0.15) is 12.1 Å². The molecule has 0 spiro atoms. The van der Waals surface area contributed by atoms with Crippen molar-refractivity contribution in [2.24, 2.45) is 5.73 Å². The highest BCUT2D eigenvalue weighted by molar-refractivity contribution is 5.86. The first-order chi connectivity index (χ1) is 9.85. The second-order valence-corrected chi connectivity index (χ2v) is 5.05. The summed E-state index contributed by atoms with van der Waals surface area (Å²) >= 11 is 0. The molecule has 1 unspecified atom stereocenters. The van der Waals surface area contributed by atoms with Crippen LogP contribution in [0, 0.1) is 0 Å². The number of piperidine rings is 1. The summed E-state index contributed by atoms with van der Waals surface area (Å²) < 4.78 is 5.24. The summed E-state index contributed by atoms with van der Waals surface area (Å²) in [6.07, 6.45) is 0.379. The van der Waals surface area contributed by atoms with E-state index in [4.69, 9.17) is 15.6 Å². The highest BCUT2D eigenvalue weighted by Gasteiger charge is 2.30. The quantitative estimate of drug-likeness (QED) is 0.595. The number of nitrogens with zero attached hydrogens (tertiary/aromatic N) is 2. The molecule has 1 atom stereocenters. The number of aliphatic hydroxyl groups is 1. The van der Waals surface area contributed by atoms with Gasteiger partial charge in [0.2, 0.25) is 5.91 Å². The summed E-state index contributed by atoms with van der Waals surface area (Å²) in [6.45, 7) is 0.264. The number of ether oxygens (including phenoxy) is 1. The molecule has 9 heteroatoms. The van der Waals surface area contributed by atoms with Gasteiger partial charge >= 0.3 is 12.1 Å². The monoisotopic (exact) mass is 302 g/mol. The number of urea groups is 1. The smallest absolute Gasteiger partial charge is 0.409 e. The summed E-state index contributed by atoms with van der Waals surface area (Å²) in [5.74, 6) is -0.395. The van der Waals surface area contributed by atoms with Gasteiger partial charge in [0.15, 0.2) is 0 Å². The Kier molecular flexibility index (Phi) is 6.22. The minimum Gasteiger partial charge on any atom is -0.446 e. The van der Waals surface area contributed by atoms with Crippen LogP contribution in [-0.4, -0.2) is 78.9 Å². The Labute approximate surface area is 123 Å². The predicted molar refractivity (Wildman–Crippen MR) is 73.4 cm³/mol. The van der Waals surface area contributed by atoms with Crippen LogP contribution in [0.2, 0.25) is 0 Å². The van der Waals surface area contributed by atoms with Crippen LogP contribution < -0.4 is 11.1 Å². The molecule has 1 fully saturated rings. The highest BCUT2D eigenvalue weighted by Crippen LogP contribution is 2.15. The number of rotatable bonds is 4. The summed E-state index contributed by atoms with van der Waals surface area (Å²) in [5, 5.41) is 11.3. The van der Waals surface area contributed by atoms with E-state index in [1.165, 1.54) is 9.80 Å². The summed E-state index contributed by atoms with van der Waals surface area (Å²) in [5.41, 5.74) is 4.95. The molecule has 1 aliphatic heterocycles. The van der Waals surface area contributed by atoms with Gasteiger partial charge in [-0.15, -0.1) is 0 Å². The van der Waals surface area contributed by atoms with Gasteiger partial charge < -0.3 is 30.7 Å². The van der Waals surface area contributed by atoms with Crippen molar-refractivity contribution in [2.75, 3.05) is 33.8 Å². The Balaban J connectivity index is 2.46. The zero-order chi connectivity index (χ0) is 16.0. The van der Waals surface area contributed by atoms with Crippen molar-refractivity contribution in [2.45, 2.75) is 25.0 Å². The molecule has 1 heterocycles. The van der Waals surface area contributed by atoms with E-state index in [-0.39, 0.29) is 6.10 Å². The largest absolute Gasteiger partial charge is 0.446 e. The Morgan fingerprint density at radius 3 is 2.38 bits per heavy atom. The molecule has 1 aliphatic rings. The first kappa shape index (κ1) is 17.0. The van der Waals surface area contributed by atoms with E-state index in [2.05, 4.69) is 5.32 Å². The van der Waals surface area contributed by atoms with Gasteiger partial charge in [-0.1, -0.05) is 0 Å². The van der Waals surface area contributed by atoms with Crippen molar-refractivity contribution < 1.29 is 24.2 Å². The van der Waals surface area contributed by atoms with Crippen LogP contribution >= 0.6 is 0 Å². The van der Waals surface area contributed by atoms with Crippen LogP contribution in [0.4, 0.5) is 9.59 Å². The van der Waals surface area contributed by atoms with Crippen molar-refractivity contribution in [1.29, 1.82) is 0 Å². The molecule has 0 saturated carbocycles. The van der Waals surface area contributed by atoms with Gasteiger partial charge in [-0.2, -0.15) is 0 Å². The van der Waals surface area contributed by atoms with Gasteiger partial charge in [0.25, 0.3) is 0 Å². The number of carbonyl (C=O) groups is 3. The Morgan fingerprint density at radius 1 is 1.38 bits per heavy atom. The number of hydrogen-bond acceptors (Lipinski definition) is 5. The van der Waals surface area contributed by atoms with Crippen molar-refractivity contribution in [3.05, 3.63) is 0 Å². The van der Waals surface area contributed by atoms with Crippen molar-refractivity contribution in [3.8, 4) is 0 Å². The molecule has 4 amide bonds. The van der Waals surface area contributed by atoms with E-state index >= 15 is 0 Å². The Bertz CT molecular complexity index is 393. The van der Waals surface area contributed by atoms with Gasteiger partial charge in [-0.3, -0.25) is 4.79 Å². The van der Waals surface area contributed by atoms with Crippen LogP contribution in [-0.2, 0) is 9.53 Å². The lowest BCUT2D eigenvalue weighted by atomic mass is 10.1. The lowest BCUT2D eigenvalue weighted by molar-refractivity contribution is -0.136. The third kappa shape index (κ3) is 5.10. The first-order valence-corrected chi connectivity index (χ1v) is 6.68. The minimum atomic E-state index is -1.04. The lowest BCUT2D eigenvalue weighted by Crippen LogP contribution is -2.54. The fourth-order valence-corrected chi connectivity index (χ4v) is 2.02. The predicted octanol–water partition coefficient (Wildman–Crippen LogP) is -1.30. The number of likely N-dealkylation sites (tertiary alicyclic amines) is 1. The molecule has 0 aliphatic carbocycles. The second kappa shape index (κ2) is 7.67. The zero-order valence-corrected chi connectivity index (χ0v) is 12.2. The molecular formula is C12H22N4O5. The highest BCUT2D eigenvalue weighted by atomic mass is 16.6. The molecule has 1 saturated heterocycles. The van der Waals surface area contributed by atoms with E-state index in [9.17, 15) is 14.4 Å². The standard InChI is InChI=1S/C12H22N4O5/c1-15(2)12(20)21-8-3-5-16(6-4-8)10(18)9(7-17)14-11(13)19/h8-9,17H,3-7H2,1-2H3,(H3,13,14,19). The van der Waals surface area contributed by atoms with Gasteiger partial charge in [-0.05, 0) is 0 Å². The van der Waals surface area contributed by atoms with Crippen LogP contribution in [0.15, 0.2) is 0 Å². The summed E-state index contributed by atoms with van der Waals surface area (Å²) in [4.78, 5) is 37.1. The molecule has 9 nitrogen and oxygen atoms in total. The molecular weight excluding hydrogens is 280 g/mol. The topological polar surface area (TPSA) is 125 Å². The van der Waals surface area contributed by atoms with E-state index < -0.39 is 30.7 Å². The van der Waals surface area contributed by atoms with Crippen LogP contribution in [0.3, 0.4) is 0 Å².